The van der Waals surface area contributed by atoms with E-state index in [2.05, 4.69) is 47.6 Å². The Morgan fingerprint density at radius 1 is 1.13 bits per heavy atom. The number of rotatable bonds is 3. The van der Waals surface area contributed by atoms with Crippen molar-refractivity contribution in [2.75, 3.05) is 0 Å². The van der Waals surface area contributed by atoms with E-state index in [9.17, 15) is 9.59 Å². The molecule has 3 heteroatoms. The van der Waals surface area contributed by atoms with Crippen LogP contribution in [-0.2, 0) is 9.59 Å². The van der Waals surface area contributed by atoms with Gasteiger partial charge in [0.2, 0.25) is 0 Å². The topological polar surface area (TPSA) is 54.4 Å². The van der Waals surface area contributed by atoms with Crippen LogP contribution in [-0.4, -0.2) is 16.9 Å². The van der Waals surface area contributed by atoms with Gasteiger partial charge in [-0.05, 0) is 78.4 Å². The first-order valence-corrected chi connectivity index (χ1v) is 12.0. The fourth-order valence-electron chi connectivity index (χ4n) is 8.76. The minimum Gasteiger partial charge on any atom is -0.478 e. The molecule has 0 saturated heterocycles. The molecule has 0 aromatic carbocycles. The molecule has 0 aromatic rings. The van der Waals surface area contributed by atoms with E-state index in [0.717, 1.165) is 19.3 Å². The maximum absolute atomic E-state index is 12.7. The highest BCUT2D eigenvalue weighted by molar-refractivity contribution is 5.85. The van der Waals surface area contributed by atoms with Crippen molar-refractivity contribution in [2.45, 2.75) is 86.5 Å². The van der Waals surface area contributed by atoms with Crippen molar-refractivity contribution in [1.82, 2.24) is 0 Å². The molecular formula is C27H40O3. The zero-order chi connectivity index (χ0) is 22.1. The number of fused-ring (bicyclic) bond motifs is 5. The molecule has 30 heavy (non-hydrogen) atoms. The van der Waals surface area contributed by atoms with E-state index in [-0.39, 0.29) is 27.6 Å². The number of hydrogen-bond donors (Lipinski definition) is 1. The third kappa shape index (κ3) is 2.76. The average Bonchev–Trinajstić information content (AvgIpc) is 2.95. The lowest BCUT2D eigenvalue weighted by Crippen LogP contribution is -2.57. The Morgan fingerprint density at radius 3 is 2.50 bits per heavy atom. The summed E-state index contributed by atoms with van der Waals surface area (Å²) in [5.41, 5.74) is 2.08. The van der Waals surface area contributed by atoms with Gasteiger partial charge in [-0.3, -0.25) is 4.79 Å². The van der Waals surface area contributed by atoms with Gasteiger partial charge in [0.25, 0.3) is 0 Å². The number of carbonyl (C=O) groups excluding carboxylic acids is 1. The lowest BCUT2D eigenvalue weighted by atomic mass is 9.41. The van der Waals surface area contributed by atoms with E-state index in [1.54, 1.807) is 5.57 Å². The summed E-state index contributed by atoms with van der Waals surface area (Å²) >= 11 is 0. The largest absolute Gasteiger partial charge is 0.478 e. The van der Waals surface area contributed by atoms with Crippen LogP contribution in [0.4, 0.5) is 0 Å². The summed E-state index contributed by atoms with van der Waals surface area (Å²) < 4.78 is 0. The zero-order valence-corrected chi connectivity index (χ0v) is 19.8. The van der Waals surface area contributed by atoms with Gasteiger partial charge in [0.1, 0.15) is 5.78 Å². The molecule has 4 aliphatic carbocycles. The summed E-state index contributed by atoms with van der Waals surface area (Å²) in [5, 5.41) is 9.09. The Labute approximate surface area is 182 Å². The lowest BCUT2D eigenvalue weighted by Gasteiger charge is -2.63. The molecule has 0 amide bonds. The summed E-state index contributed by atoms with van der Waals surface area (Å²) in [6.07, 6.45) is 13.4. The predicted octanol–water partition coefficient (Wildman–Crippen LogP) is 6.44. The molecule has 7 atom stereocenters. The number of carboxylic acid groups (broad SMARTS) is 1. The Morgan fingerprint density at radius 2 is 1.83 bits per heavy atom. The summed E-state index contributed by atoms with van der Waals surface area (Å²) in [6, 6.07) is 0. The van der Waals surface area contributed by atoms with Crippen molar-refractivity contribution in [3.63, 3.8) is 0 Å². The summed E-state index contributed by atoms with van der Waals surface area (Å²) in [4.78, 5) is 23.8. The second-order valence-corrected chi connectivity index (χ2v) is 12.1. The molecule has 166 valence electrons. The van der Waals surface area contributed by atoms with Gasteiger partial charge in [0, 0.05) is 17.9 Å². The van der Waals surface area contributed by atoms with Gasteiger partial charge in [0.05, 0.1) is 0 Å². The van der Waals surface area contributed by atoms with Crippen LogP contribution in [0.25, 0.3) is 0 Å². The second kappa shape index (κ2) is 6.81. The summed E-state index contributed by atoms with van der Waals surface area (Å²) in [6.45, 7) is 14.0. The van der Waals surface area contributed by atoms with E-state index in [0.29, 0.717) is 23.5 Å². The quantitative estimate of drug-likeness (QED) is 0.429. The molecule has 0 radical (unpaired) electrons. The standard InChI is InChI=1S/C27H40O3/c1-17(7-10-23(29)30)18-11-15-27(6)20-8-9-21-24(2,3)22(28)13-14-25(21,4)19(20)12-16-26(18,27)5/h7-8,10,17-19,21H,9,11-16H2,1-6H3,(H,29,30)/b10-7+/t17-,18-,19-,21-,25+,26-,27+/m0/s1. The third-order valence-electron chi connectivity index (χ3n) is 10.8. The van der Waals surface area contributed by atoms with E-state index < -0.39 is 5.97 Å². The fraction of sp³-hybridized carbons (Fsp3) is 0.778. The van der Waals surface area contributed by atoms with Crippen molar-refractivity contribution < 1.29 is 14.7 Å². The van der Waals surface area contributed by atoms with Crippen LogP contribution in [0.3, 0.4) is 0 Å². The van der Waals surface area contributed by atoms with Crippen LogP contribution >= 0.6 is 0 Å². The minimum atomic E-state index is -0.847. The first kappa shape index (κ1) is 21.8. The highest BCUT2D eigenvalue weighted by Crippen LogP contribution is 2.73. The minimum absolute atomic E-state index is 0.186. The maximum Gasteiger partial charge on any atom is 0.327 e. The smallest absolute Gasteiger partial charge is 0.327 e. The first-order chi connectivity index (χ1) is 13.9. The predicted molar refractivity (Wildman–Crippen MR) is 120 cm³/mol. The van der Waals surface area contributed by atoms with Crippen LogP contribution in [0.1, 0.15) is 86.5 Å². The molecular weight excluding hydrogens is 372 g/mol. The van der Waals surface area contributed by atoms with Crippen LogP contribution < -0.4 is 0 Å². The second-order valence-electron chi connectivity index (χ2n) is 12.1. The van der Waals surface area contributed by atoms with Gasteiger partial charge in [-0.2, -0.15) is 0 Å². The fourth-order valence-corrected chi connectivity index (χ4v) is 8.76. The molecule has 1 N–H and O–H groups in total. The van der Waals surface area contributed by atoms with Gasteiger partial charge < -0.3 is 5.11 Å². The highest BCUT2D eigenvalue weighted by atomic mass is 16.4. The molecule has 0 unspecified atom stereocenters. The lowest BCUT2D eigenvalue weighted by molar-refractivity contribution is -0.145. The number of hydrogen-bond acceptors (Lipinski definition) is 2. The molecule has 4 rings (SSSR count). The monoisotopic (exact) mass is 412 g/mol. The third-order valence-corrected chi connectivity index (χ3v) is 10.8. The Hall–Kier alpha value is -1.38. The van der Waals surface area contributed by atoms with E-state index in [4.69, 9.17) is 5.11 Å². The molecule has 0 heterocycles. The molecule has 3 fully saturated rings. The molecule has 4 aliphatic rings. The SMILES string of the molecule is C[C@@H](/C=C/C(=O)O)[C@@H]1CC[C@]2(C)C3=CC[C@H]4C(C)(C)C(=O)CC[C@]4(C)[C@H]3CC[C@@]12C. The van der Waals surface area contributed by atoms with Gasteiger partial charge in [0.15, 0.2) is 0 Å². The van der Waals surface area contributed by atoms with Crippen LogP contribution in [0.15, 0.2) is 23.8 Å². The summed E-state index contributed by atoms with van der Waals surface area (Å²) in [5.74, 6) is 1.44. The van der Waals surface area contributed by atoms with Crippen molar-refractivity contribution in [3.05, 3.63) is 23.8 Å². The molecule has 3 saturated carbocycles. The van der Waals surface area contributed by atoms with E-state index in [1.165, 1.54) is 31.8 Å². The normalized spacial score (nSPS) is 46.0. The Kier molecular flexibility index (Phi) is 4.96. The average molecular weight is 413 g/mol. The van der Waals surface area contributed by atoms with E-state index >= 15 is 0 Å². The number of Topliss-reactive ketones (excluding diaryl/α,β-unsaturated/α-hetero) is 1. The number of allylic oxidation sites excluding steroid dienone is 3. The number of carbonyl (C=O) groups is 2. The van der Waals surface area contributed by atoms with Crippen molar-refractivity contribution in [1.29, 1.82) is 0 Å². The van der Waals surface area contributed by atoms with Gasteiger partial charge >= 0.3 is 5.97 Å². The maximum atomic E-state index is 12.7. The molecule has 0 bridgehead atoms. The molecule has 0 aromatic heterocycles. The van der Waals surface area contributed by atoms with E-state index in [1.807, 2.05) is 6.08 Å². The molecule has 0 spiro atoms. The highest BCUT2D eigenvalue weighted by Gasteiger charge is 2.65. The van der Waals surface area contributed by atoms with Crippen molar-refractivity contribution in [2.24, 2.45) is 45.3 Å². The van der Waals surface area contributed by atoms with Crippen LogP contribution in [0, 0.1) is 45.3 Å². The number of carboxylic acids is 1. The molecule has 0 aliphatic heterocycles. The van der Waals surface area contributed by atoms with Crippen LogP contribution in [0.5, 0.6) is 0 Å². The van der Waals surface area contributed by atoms with Crippen molar-refractivity contribution >= 4 is 11.8 Å². The van der Waals surface area contributed by atoms with Gasteiger partial charge in [-0.25, -0.2) is 4.79 Å². The van der Waals surface area contributed by atoms with Gasteiger partial charge in [-0.1, -0.05) is 59.3 Å². The summed E-state index contributed by atoms with van der Waals surface area (Å²) in [7, 11) is 0. The number of aliphatic carboxylic acids is 1. The Bertz CT molecular complexity index is 820. The first-order valence-electron chi connectivity index (χ1n) is 12.0. The zero-order valence-electron chi connectivity index (χ0n) is 19.8. The Balaban J connectivity index is 1.70. The number of ketones is 1. The van der Waals surface area contributed by atoms with Crippen molar-refractivity contribution in [3.8, 4) is 0 Å². The van der Waals surface area contributed by atoms with Crippen LogP contribution in [0.2, 0.25) is 0 Å². The molecule has 3 nitrogen and oxygen atoms in total. The van der Waals surface area contributed by atoms with Gasteiger partial charge in [-0.15, -0.1) is 0 Å².